The molecule has 0 saturated carbocycles. The van der Waals surface area contributed by atoms with Gasteiger partial charge in [0.25, 0.3) is 0 Å². The third-order valence-electron chi connectivity index (χ3n) is 3.84. The summed E-state index contributed by atoms with van der Waals surface area (Å²) in [5, 5.41) is 1.94. The minimum atomic E-state index is 0.775. The van der Waals surface area contributed by atoms with E-state index >= 15 is 0 Å². The predicted octanol–water partition coefficient (Wildman–Crippen LogP) is 4.10. The minimum absolute atomic E-state index is 0.775. The van der Waals surface area contributed by atoms with Crippen LogP contribution >= 0.6 is 11.8 Å². The number of fused-ring (bicyclic) bond motifs is 1. The van der Waals surface area contributed by atoms with Crippen molar-refractivity contribution >= 4 is 22.7 Å². The molecule has 2 N–H and O–H groups in total. The second-order valence-corrected chi connectivity index (χ2v) is 6.41. The van der Waals surface area contributed by atoms with Crippen LogP contribution in [0.4, 0.5) is 0 Å². The van der Waals surface area contributed by atoms with Crippen molar-refractivity contribution in [1.29, 1.82) is 0 Å². The number of hydrogen-bond donors (Lipinski definition) is 1. The number of para-hydroxylation sites is 1. The standard InChI is InChI=1S/C19H16N4S/c20-23-12-17(14-6-2-1-3-7-14)22-19(23)24-13-16-9-4-8-15-10-5-11-21-18(15)16/h1-12H,13,20H2. The number of pyridine rings is 1. The second kappa shape index (κ2) is 6.37. The summed E-state index contributed by atoms with van der Waals surface area (Å²) in [6, 6.07) is 20.3. The first-order valence-corrected chi connectivity index (χ1v) is 8.65. The fourth-order valence-corrected chi connectivity index (χ4v) is 3.54. The normalized spacial score (nSPS) is 11.0. The molecule has 0 spiro atoms. The molecular formula is C19H16N4S. The molecule has 2 aromatic heterocycles. The number of imidazole rings is 1. The van der Waals surface area contributed by atoms with E-state index in [1.165, 1.54) is 5.56 Å². The Morgan fingerprint density at radius 1 is 0.958 bits per heavy atom. The van der Waals surface area contributed by atoms with Crippen molar-refractivity contribution < 1.29 is 0 Å². The molecule has 0 atom stereocenters. The first-order valence-electron chi connectivity index (χ1n) is 7.66. The second-order valence-electron chi connectivity index (χ2n) is 5.46. The maximum atomic E-state index is 6.07. The molecule has 0 aliphatic carbocycles. The summed E-state index contributed by atoms with van der Waals surface area (Å²) in [5.41, 5.74) is 4.17. The Labute approximate surface area is 144 Å². The third kappa shape index (κ3) is 2.86. The molecule has 4 aromatic rings. The number of benzene rings is 2. The Kier molecular flexibility index (Phi) is 3.92. The topological polar surface area (TPSA) is 56.7 Å². The Morgan fingerprint density at radius 3 is 2.67 bits per heavy atom. The van der Waals surface area contributed by atoms with E-state index in [4.69, 9.17) is 5.84 Å². The van der Waals surface area contributed by atoms with Crippen LogP contribution in [0.15, 0.2) is 78.2 Å². The number of nitrogen functional groups attached to an aromatic ring is 1. The molecule has 0 saturated heterocycles. The Balaban J connectivity index is 1.59. The highest BCUT2D eigenvalue weighted by Crippen LogP contribution is 2.27. The maximum Gasteiger partial charge on any atom is 0.187 e. The van der Waals surface area contributed by atoms with E-state index in [0.717, 1.165) is 33.1 Å². The molecule has 0 fully saturated rings. The fourth-order valence-electron chi connectivity index (χ4n) is 2.66. The van der Waals surface area contributed by atoms with Crippen LogP contribution in [0.2, 0.25) is 0 Å². The van der Waals surface area contributed by atoms with Gasteiger partial charge in [0.2, 0.25) is 0 Å². The quantitative estimate of drug-likeness (QED) is 0.451. The van der Waals surface area contributed by atoms with Gasteiger partial charge >= 0.3 is 0 Å². The van der Waals surface area contributed by atoms with Gasteiger partial charge in [-0.25, -0.2) is 9.66 Å². The number of hydrogen-bond acceptors (Lipinski definition) is 4. The molecule has 0 unspecified atom stereocenters. The zero-order valence-electron chi connectivity index (χ0n) is 13.0. The fraction of sp³-hybridized carbons (Fsp3) is 0.0526. The van der Waals surface area contributed by atoms with Gasteiger partial charge in [-0.2, -0.15) is 0 Å². The molecule has 4 nitrogen and oxygen atoms in total. The van der Waals surface area contributed by atoms with Crippen molar-refractivity contribution in [2.24, 2.45) is 0 Å². The first-order chi connectivity index (χ1) is 11.8. The third-order valence-corrected chi connectivity index (χ3v) is 4.86. The highest BCUT2D eigenvalue weighted by atomic mass is 32.2. The molecule has 0 radical (unpaired) electrons. The molecule has 24 heavy (non-hydrogen) atoms. The monoisotopic (exact) mass is 332 g/mol. The average Bonchev–Trinajstić information content (AvgIpc) is 3.01. The zero-order valence-corrected chi connectivity index (χ0v) is 13.8. The van der Waals surface area contributed by atoms with E-state index in [1.807, 2.05) is 48.8 Å². The van der Waals surface area contributed by atoms with E-state index in [1.54, 1.807) is 16.4 Å². The van der Waals surface area contributed by atoms with Gasteiger partial charge in [-0.3, -0.25) is 4.98 Å². The number of nitrogens with zero attached hydrogens (tertiary/aromatic N) is 3. The Hall–Kier alpha value is -2.79. The SMILES string of the molecule is Nn1cc(-c2ccccc2)nc1SCc1cccc2cccnc12. The van der Waals surface area contributed by atoms with Gasteiger partial charge in [-0.1, -0.05) is 66.4 Å². The highest BCUT2D eigenvalue weighted by molar-refractivity contribution is 7.98. The van der Waals surface area contributed by atoms with E-state index in [-0.39, 0.29) is 0 Å². The Morgan fingerprint density at radius 2 is 1.79 bits per heavy atom. The molecule has 4 rings (SSSR count). The molecule has 5 heteroatoms. The van der Waals surface area contributed by atoms with Crippen LogP contribution in [-0.4, -0.2) is 14.6 Å². The Bertz CT molecular complexity index is 974. The van der Waals surface area contributed by atoms with Crippen LogP contribution in [0, 0.1) is 0 Å². The van der Waals surface area contributed by atoms with Crippen LogP contribution in [-0.2, 0) is 5.75 Å². The van der Waals surface area contributed by atoms with Crippen LogP contribution in [0.1, 0.15) is 5.56 Å². The van der Waals surface area contributed by atoms with Crippen molar-refractivity contribution in [1.82, 2.24) is 14.6 Å². The summed E-state index contributed by atoms with van der Waals surface area (Å²) in [6.45, 7) is 0. The van der Waals surface area contributed by atoms with Gasteiger partial charge in [0.1, 0.15) is 0 Å². The predicted molar refractivity (Wildman–Crippen MR) is 99.1 cm³/mol. The largest absolute Gasteiger partial charge is 0.337 e. The lowest BCUT2D eigenvalue weighted by Crippen LogP contribution is -2.07. The van der Waals surface area contributed by atoms with E-state index in [2.05, 4.69) is 34.2 Å². The molecule has 0 aliphatic rings. The number of aromatic nitrogens is 3. The van der Waals surface area contributed by atoms with E-state index in [9.17, 15) is 0 Å². The maximum absolute atomic E-state index is 6.07. The van der Waals surface area contributed by atoms with E-state index in [0.29, 0.717) is 0 Å². The minimum Gasteiger partial charge on any atom is -0.337 e. The smallest absolute Gasteiger partial charge is 0.187 e. The number of rotatable bonds is 4. The molecule has 0 aliphatic heterocycles. The molecule has 118 valence electrons. The highest BCUT2D eigenvalue weighted by Gasteiger charge is 2.10. The first kappa shape index (κ1) is 14.8. The van der Waals surface area contributed by atoms with Gasteiger partial charge in [0, 0.05) is 22.9 Å². The summed E-state index contributed by atoms with van der Waals surface area (Å²) >= 11 is 1.62. The van der Waals surface area contributed by atoms with Gasteiger partial charge in [-0.15, -0.1) is 0 Å². The lowest BCUT2D eigenvalue weighted by atomic mass is 10.1. The lowest BCUT2D eigenvalue weighted by molar-refractivity contribution is 0.851. The van der Waals surface area contributed by atoms with Gasteiger partial charge in [0.05, 0.1) is 17.4 Å². The zero-order chi connectivity index (χ0) is 16.4. The summed E-state index contributed by atoms with van der Waals surface area (Å²) < 4.78 is 1.59. The molecule has 0 amide bonds. The van der Waals surface area contributed by atoms with Crippen LogP contribution in [0.25, 0.3) is 22.2 Å². The summed E-state index contributed by atoms with van der Waals surface area (Å²) in [6.07, 6.45) is 3.69. The summed E-state index contributed by atoms with van der Waals surface area (Å²) in [4.78, 5) is 9.15. The molecular weight excluding hydrogens is 316 g/mol. The van der Waals surface area contributed by atoms with Crippen LogP contribution in [0.5, 0.6) is 0 Å². The van der Waals surface area contributed by atoms with Crippen molar-refractivity contribution in [3.05, 3.63) is 78.6 Å². The van der Waals surface area contributed by atoms with Gasteiger partial charge in [0.15, 0.2) is 5.16 Å². The van der Waals surface area contributed by atoms with Crippen LogP contribution in [0.3, 0.4) is 0 Å². The van der Waals surface area contributed by atoms with Crippen molar-refractivity contribution in [3.8, 4) is 11.3 Å². The van der Waals surface area contributed by atoms with Crippen molar-refractivity contribution in [2.45, 2.75) is 10.9 Å². The van der Waals surface area contributed by atoms with Gasteiger partial charge in [-0.05, 0) is 11.6 Å². The van der Waals surface area contributed by atoms with Crippen molar-refractivity contribution in [2.75, 3.05) is 5.84 Å². The number of thioether (sulfide) groups is 1. The summed E-state index contributed by atoms with van der Waals surface area (Å²) in [5.74, 6) is 6.85. The molecule has 0 bridgehead atoms. The molecule has 2 heterocycles. The number of nitrogens with two attached hydrogens (primary N) is 1. The van der Waals surface area contributed by atoms with E-state index < -0.39 is 0 Å². The molecule has 2 aromatic carbocycles. The average molecular weight is 332 g/mol. The van der Waals surface area contributed by atoms with Crippen molar-refractivity contribution in [3.63, 3.8) is 0 Å². The van der Waals surface area contributed by atoms with Crippen LogP contribution < -0.4 is 5.84 Å². The van der Waals surface area contributed by atoms with Gasteiger partial charge < -0.3 is 5.84 Å². The summed E-state index contributed by atoms with van der Waals surface area (Å²) in [7, 11) is 0. The lowest BCUT2D eigenvalue weighted by Gasteiger charge is -2.05.